The van der Waals surface area contributed by atoms with Crippen molar-refractivity contribution in [1.82, 2.24) is 10.0 Å². The summed E-state index contributed by atoms with van der Waals surface area (Å²) in [6, 6.07) is 9.39. The molecule has 102 valence electrons. The lowest BCUT2D eigenvalue weighted by Gasteiger charge is -2.42. The minimum absolute atomic E-state index is 0.0785. The molecule has 0 aliphatic carbocycles. The van der Waals surface area contributed by atoms with Gasteiger partial charge >= 0.3 is 6.09 Å². The third kappa shape index (κ3) is 2.64. The smallest absolute Gasteiger partial charge is 0.432 e. The first kappa shape index (κ1) is 14.0. The van der Waals surface area contributed by atoms with Crippen molar-refractivity contribution < 1.29 is 14.3 Å². The highest BCUT2D eigenvalue weighted by Gasteiger charge is 2.41. The fourth-order valence-corrected chi connectivity index (χ4v) is 2.33. The molecule has 1 aliphatic heterocycles. The number of cyclic esters (lactones) is 1. The molecule has 1 saturated heterocycles. The number of ether oxygens (including phenoxy) is 1. The average molecular weight is 327 g/mol. The van der Waals surface area contributed by atoms with Crippen molar-refractivity contribution >= 4 is 27.9 Å². The average Bonchev–Trinajstić information content (AvgIpc) is 2.43. The van der Waals surface area contributed by atoms with Crippen LogP contribution in [0.4, 0.5) is 4.79 Å². The molecule has 1 aromatic carbocycles. The number of imide groups is 1. The van der Waals surface area contributed by atoms with Crippen molar-refractivity contribution in [3.05, 3.63) is 35.9 Å². The molecule has 0 saturated carbocycles. The van der Waals surface area contributed by atoms with E-state index in [9.17, 15) is 9.59 Å². The van der Waals surface area contributed by atoms with Crippen LogP contribution in [0.15, 0.2) is 30.3 Å². The number of rotatable bonds is 2. The Kier molecular flexibility index (Phi) is 4.21. The van der Waals surface area contributed by atoms with E-state index in [0.29, 0.717) is 0 Å². The number of benzene rings is 1. The van der Waals surface area contributed by atoms with Crippen LogP contribution in [0.1, 0.15) is 18.6 Å². The van der Waals surface area contributed by atoms with Gasteiger partial charge in [-0.3, -0.25) is 4.79 Å². The van der Waals surface area contributed by atoms with Gasteiger partial charge in [0.15, 0.2) is 0 Å². The summed E-state index contributed by atoms with van der Waals surface area (Å²) in [5.74, 6) is -0.342. The van der Waals surface area contributed by atoms with E-state index in [1.165, 1.54) is 0 Å². The van der Waals surface area contributed by atoms with Crippen LogP contribution in [0, 0.1) is 0 Å². The summed E-state index contributed by atoms with van der Waals surface area (Å²) < 4.78 is 5.39. The van der Waals surface area contributed by atoms with Gasteiger partial charge in [-0.05, 0) is 12.5 Å². The minimum atomic E-state index is -0.640. The van der Waals surface area contributed by atoms with Crippen LogP contribution in [-0.2, 0) is 9.53 Å². The number of amides is 2. The highest BCUT2D eigenvalue weighted by atomic mass is 79.9. The number of hydrazine groups is 1. The fourth-order valence-electron chi connectivity index (χ4n) is 2.09. The Hall–Kier alpha value is -1.40. The van der Waals surface area contributed by atoms with Gasteiger partial charge in [-0.1, -0.05) is 46.3 Å². The van der Waals surface area contributed by atoms with Gasteiger partial charge in [-0.15, -0.1) is 0 Å². The molecule has 1 heterocycles. The Labute approximate surface area is 120 Å². The Morgan fingerprint density at radius 2 is 2.00 bits per heavy atom. The standard InChI is InChI=1S/C13H15BrN2O3/c1-9-12(10-6-4-3-5-7-10)19-13(18)16(15(9)2)11(17)8-14/h3-7,9,12H,8H2,1-2H3/t9-,12-/m0/s1. The maximum Gasteiger partial charge on any atom is 0.432 e. The summed E-state index contributed by atoms with van der Waals surface area (Å²) in [6.07, 6.45) is -1.02. The van der Waals surface area contributed by atoms with Gasteiger partial charge in [0.25, 0.3) is 5.91 Å². The highest BCUT2D eigenvalue weighted by molar-refractivity contribution is 9.09. The lowest BCUT2D eigenvalue weighted by atomic mass is 10.0. The summed E-state index contributed by atoms with van der Waals surface area (Å²) >= 11 is 3.06. The Morgan fingerprint density at radius 1 is 1.37 bits per heavy atom. The molecule has 0 spiro atoms. The van der Waals surface area contributed by atoms with Gasteiger partial charge in [0.2, 0.25) is 0 Å². The second kappa shape index (κ2) is 5.71. The molecule has 0 aromatic heterocycles. The van der Waals surface area contributed by atoms with Crippen molar-refractivity contribution in [2.24, 2.45) is 0 Å². The Bertz CT molecular complexity index is 480. The van der Waals surface area contributed by atoms with Crippen LogP contribution in [0.3, 0.4) is 0 Å². The van der Waals surface area contributed by atoms with E-state index in [1.807, 2.05) is 37.3 Å². The molecule has 6 heteroatoms. The molecule has 2 amide bonds. The zero-order valence-electron chi connectivity index (χ0n) is 10.7. The van der Waals surface area contributed by atoms with E-state index >= 15 is 0 Å². The van der Waals surface area contributed by atoms with Crippen molar-refractivity contribution in [1.29, 1.82) is 0 Å². The van der Waals surface area contributed by atoms with Gasteiger partial charge in [0.1, 0.15) is 6.10 Å². The summed E-state index contributed by atoms with van der Waals surface area (Å²) in [5, 5.41) is 2.72. The summed E-state index contributed by atoms with van der Waals surface area (Å²) in [4.78, 5) is 23.7. The van der Waals surface area contributed by atoms with E-state index in [2.05, 4.69) is 15.9 Å². The number of hydrogen-bond acceptors (Lipinski definition) is 4. The molecule has 0 radical (unpaired) electrons. The van der Waals surface area contributed by atoms with Crippen LogP contribution in [0.2, 0.25) is 0 Å². The molecule has 2 rings (SSSR count). The van der Waals surface area contributed by atoms with Crippen molar-refractivity contribution in [3.8, 4) is 0 Å². The first-order valence-electron chi connectivity index (χ1n) is 5.93. The number of nitrogens with zero attached hydrogens (tertiary/aromatic N) is 2. The Morgan fingerprint density at radius 3 is 2.58 bits per heavy atom. The number of carbonyl (C=O) groups excluding carboxylic acids is 2. The molecular formula is C13H15BrN2O3. The Balaban J connectivity index is 2.25. The van der Waals surface area contributed by atoms with Gasteiger partial charge in [-0.25, -0.2) is 9.80 Å². The third-order valence-electron chi connectivity index (χ3n) is 3.22. The number of hydrogen-bond donors (Lipinski definition) is 0. The van der Waals surface area contributed by atoms with Crippen LogP contribution >= 0.6 is 15.9 Å². The number of alkyl halides is 1. The summed E-state index contributed by atoms with van der Waals surface area (Å²) in [5.41, 5.74) is 0.918. The molecule has 2 atom stereocenters. The number of carbonyl (C=O) groups is 2. The number of halogens is 1. The zero-order valence-corrected chi connectivity index (χ0v) is 12.3. The molecule has 1 aromatic rings. The monoisotopic (exact) mass is 326 g/mol. The molecular weight excluding hydrogens is 312 g/mol. The predicted octanol–water partition coefficient (Wildman–Crippen LogP) is 2.34. The highest BCUT2D eigenvalue weighted by Crippen LogP contribution is 2.30. The maximum atomic E-state index is 12.0. The zero-order chi connectivity index (χ0) is 14.0. The largest absolute Gasteiger partial charge is 0.438 e. The molecule has 0 unspecified atom stereocenters. The molecule has 5 nitrogen and oxygen atoms in total. The second-order valence-corrected chi connectivity index (χ2v) is 4.93. The maximum absolute atomic E-state index is 12.0. The van der Waals surface area contributed by atoms with Crippen LogP contribution in [-0.4, -0.2) is 40.4 Å². The van der Waals surface area contributed by atoms with Gasteiger partial charge in [0.05, 0.1) is 11.4 Å². The first-order chi connectivity index (χ1) is 9.06. The van der Waals surface area contributed by atoms with Crippen LogP contribution in [0.25, 0.3) is 0 Å². The summed E-state index contributed by atoms with van der Waals surface area (Å²) in [6.45, 7) is 1.92. The number of likely N-dealkylation sites (N-methyl/N-ethyl adjacent to an activating group) is 1. The lowest BCUT2D eigenvalue weighted by molar-refractivity contribution is -0.159. The molecule has 1 aliphatic rings. The van der Waals surface area contributed by atoms with Gasteiger partial charge < -0.3 is 4.74 Å². The normalized spacial score (nSPS) is 24.2. The van der Waals surface area contributed by atoms with Gasteiger partial charge in [0, 0.05) is 7.05 Å². The van der Waals surface area contributed by atoms with Crippen molar-refractivity contribution in [2.45, 2.75) is 19.1 Å². The quantitative estimate of drug-likeness (QED) is 0.783. The fraction of sp³-hybridized carbons (Fsp3) is 0.385. The molecule has 0 bridgehead atoms. The molecule has 0 N–H and O–H groups in total. The van der Waals surface area contributed by atoms with E-state index in [-0.39, 0.29) is 23.4 Å². The topological polar surface area (TPSA) is 49.9 Å². The van der Waals surface area contributed by atoms with E-state index in [1.54, 1.807) is 12.1 Å². The minimum Gasteiger partial charge on any atom is -0.438 e. The predicted molar refractivity (Wildman–Crippen MR) is 73.5 cm³/mol. The SMILES string of the molecule is C[C@H]1[C@@H](c2ccccc2)OC(=O)N(C(=O)CBr)N1C. The van der Waals surface area contributed by atoms with Crippen molar-refractivity contribution in [3.63, 3.8) is 0 Å². The molecule has 1 fully saturated rings. The molecule has 19 heavy (non-hydrogen) atoms. The van der Waals surface area contributed by atoms with E-state index in [0.717, 1.165) is 10.6 Å². The van der Waals surface area contributed by atoms with E-state index < -0.39 is 6.09 Å². The summed E-state index contributed by atoms with van der Waals surface area (Å²) in [7, 11) is 1.71. The van der Waals surface area contributed by atoms with E-state index in [4.69, 9.17) is 4.74 Å². The second-order valence-electron chi connectivity index (χ2n) is 4.37. The lowest BCUT2D eigenvalue weighted by Crippen LogP contribution is -2.58. The third-order valence-corrected chi connectivity index (χ3v) is 3.70. The van der Waals surface area contributed by atoms with Crippen LogP contribution < -0.4 is 0 Å². The van der Waals surface area contributed by atoms with Crippen molar-refractivity contribution in [2.75, 3.05) is 12.4 Å². The van der Waals surface area contributed by atoms with Gasteiger partial charge in [-0.2, -0.15) is 5.01 Å². The van der Waals surface area contributed by atoms with Crippen LogP contribution in [0.5, 0.6) is 0 Å². The first-order valence-corrected chi connectivity index (χ1v) is 7.05.